The van der Waals surface area contributed by atoms with Crippen LogP contribution in [-0.2, 0) is 22.8 Å². The van der Waals surface area contributed by atoms with Crippen molar-refractivity contribution < 1.29 is 32.7 Å². The molecule has 3 heterocycles. The van der Waals surface area contributed by atoms with Crippen LogP contribution in [0.3, 0.4) is 0 Å². The number of carboxylic acids is 1. The van der Waals surface area contributed by atoms with Crippen molar-refractivity contribution in [1.82, 2.24) is 20.0 Å². The topological polar surface area (TPSA) is 105 Å². The molecule has 0 saturated carbocycles. The number of β-lactam (4-membered cyclic amide) rings is 1. The maximum absolute atomic E-state index is 12.9. The number of hydrogen-bond donors (Lipinski definition) is 2. The highest BCUT2D eigenvalue weighted by atomic mass is 79.9. The maximum Gasteiger partial charge on any atom is 0.436 e. The summed E-state index contributed by atoms with van der Waals surface area (Å²) in [5.74, 6) is -2.45. The van der Waals surface area contributed by atoms with Crippen molar-refractivity contribution in [1.29, 1.82) is 0 Å². The summed E-state index contributed by atoms with van der Waals surface area (Å²) in [4.78, 5) is 37.2. The van der Waals surface area contributed by atoms with Gasteiger partial charge in [-0.25, -0.2) is 4.79 Å². The van der Waals surface area contributed by atoms with Crippen LogP contribution in [0, 0.1) is 0 Å². The van der Waals surface area contributed by atoms with E-state index in [1.165, 1.54) is 18.8 Å². The Labute approximate surface area is 162 Å². The van der Waals surface area contributed by atoms with E-state index in [2.05, 4.69) is 26.3 Å². The van der Waals surface area contributed by atoms with Gasteiger partial charge in [-0.2, -0.15) is 18.3 Å². The molecule has 8 nitrogen and oxygen atoms in total. The van der Waals surface area contributed by atoms with E-state index in [-0.39, 0.29) is 11.4 Å². The number of fused-ring (bicyclic) bond motifs is 1. The van der Waals surface area contributed by atoms with Gasteiger partial charge >= 0.3 is 12.1 Å². The van der Waals surface area contributed by atoms with Crippen LogP contribution in [0.1, 0.15) is 23.1 Å². The summed E-state index contributed by atoms with van der Waals surface area (Å²) >= 11 is 4.00. The third kappa shape index (κ3) is 3.12. The predicted molar refractivity (Wildman–Crippen MR) is 90.6 cm³/mol. The van der Waals surface area contributed by atoms with E-state index in [0.717, 1.165) is 9.58 Å². The van der Waals surface area contributed by atoms with E-state index < -0.39 is 45.5 Å². The average Bonchev–Trinajstić information content (AvgIpc) is 2.86. The number of nitrogens with one attached hydrogen (secondary N) is 1. The van der Waals surface area contributed by atoms with Crippen LogP contribution in [0.25, 0.3) is 0 Å². The van der Waals surface area contributed by atoms with E-state index in [0.29, 0.717) is 11.3 Å². The second-order valence-corrected chi connectivity index (χ2v) is 7.83. The Morgan fingerprint density at radius 1 is 1.41 bits per heavy atom. The monoisotopic (exact) mass is 468 g/mol. The molecule has 0 radical (unpaired) electrons. The van der Waals surface area contributed by atoms with Crippen LogP contribution in [-0.4, -0.2) is 54.7 Å². The van der Waals surface area contributed by atoms with Crippen molar-refractivity contribution in [2.45, 2.75) is 24.5 Å². The van der Waals surface area contributed by atoms with Gasteiger partial charge in [-0.1, -0.05) is 0 Å². The molecule has 0 spiro atoms. The Bertz CT molecular complexity index is 898. The number of aliphatic carboxylic acids is 1. The van der Waals surface area contributed by atoms with Gasteiger partial charge < -0.3 is 10.4 Å². The molecule has 2 aliphatic heterocycles. The first kappa shape index (κ1) is 19.7. The molecule has 2 aliphatic rings. The normalized spacial score (nSPS) is 22.4. The maximum atomic E-state index is 12.9. The van der Waals surface area contributed by atoms with Crippen molar-refractivity contribution in [2.75, 3.05) is 5.75 Å². The molecule has 27 heavy (non-hydrogen) atoms. The lowest BCUT2D eigenvalue weighted by atomic mass is 10.0. The van der Waals surface area contributed by atoms with Crippen LogP contribution >= 0.6 is 27.7 Å². The Balaban J connectivity index is 1.83. The van der Waals surface area contributed by atoms with Gasteiger partial charge in [-0.3, -0.25) is 19.2 Å². The molecule has 0 bridgehead atoms. The fourth-order valence-electron chi connectivity index (χ4n) is 2.91. The smallest absolute Gasteiger partial charge is 0.436 e. The molecule has 0 unspecified atom stereocenters. The molecule has 0 aromatic carbocycles. The molecule has 2 atom stereocenters. The predicted octanol–water partition coefficient (Wildman–Crippen LogP) is 1.57. The van der Waals surface area contributed by atoms with Gasteiger partial charge in [0.25, 0.3) is 11.8 Å². The van der Waals surface area contributed by atoms with E-state index in [1.54, 1.807) is 6.92 Å². The first-order valence-corrected chi connectivity index (χ1v) is 9.27. The highest BCUT2D eigenvalue weighted by molar-refractivity contribution is 9.10. The summed E-state index contributed by atoms with van der Waals surface area (Å²) in [5, 5.41) is 14.3. The number of carbonyl (C=O) groups is 3. The van der Waals surface area contributed by atoms with Gasteiger partial charge in [0.15, 0.2) is 5.69 Å². The van der Waals surface area contributed by atoms with Crippen LogP contribution in [0.2, 0.25) is 0 Å². The van der Waals surface area contributed by atoms with Crippen molar-refractivity contribution in [3.05, 3.63) is 27.1 Å². The minimum atomic E-state index is -4.75. The van der Waals surface area contributed by atoms with E-state index >= 15 is 0 Å². The van der Waals surface area contributed by atoms with E-state index in [9.17, 15) is 32.7 Å². The molecule has 1 aromatic heterocycles. The quantitative estimate of drug-likeness (QED) is 0.652. The molecule has 2 N–H and O–H groups in total. The second kappa shape index (κ2) is 6.55. The molecule has 2 amide bonds. The number of aryl methyl sites for hydroxylation is 1. The molecule has 146 valence electrons. The third-order valence-corrected chi connectivity index (χ3v) is 6.30. The van der Waals surface area contributed by atoms with Crippen molar-refractivity contribution >= 4 is 45.5 Å². The van der Waals surface area contributed by atoms with E-state index in [4.69, 9.17) is 0 Å². The summed E-state index contributed by atoms with van der Waals surface area (Å²) < 4.78 is 39.0. The van der Waals surface area contributed by atoms with E-state index in [1.807, 2.05) is 0 Å². The lowest BCUT2D eigenvalue weighted by molar-refractivity contribution is -0.148. The standard InChI is InChI=1S/C14H12BrF3N4O4S/c1-4-3-27-12-6(11(24)22(12)7(4)13(25)26)19-10(23)8-5(15)9(14(16,17)18)20-21(8)2/h6,12H,3H2,1-2H3,(H,19,23)(H,25,26)/t6-,12-/m0/s1. The van der Waals surface area contributed by atoms with Crippen LogP contribution in [0.15, 0.2) is 15.7 Å². The number of rotatable bonds is 3. The Morgan fingerprint density at radius 3 is 2.56 bits per heavy atom. The van der Waals surface area contributed by atoms with Crippen LogP contribution in [0.5, 0.6) is 0 Å². The van der Waals surface area contributed by atoms with Crippen molar-refractivity contribution in [2.24, 2.45) is 7.05 Å². The minimum absolute atomic E-state index is 0.129. The number of alkyl halides is 3. The summed E-state index contributed by atoms with van der Waals surface area (Å²) in [6, 6.07) is -1.04. The number of carbonyl (C=O) groups excluding carboxylic acids is 2. The SMILES string of the molecule is CC1=C(C(=O)O)N2C(=O)[C@H](NC(=O)c3c(Br)c(C(F)(F)F)nn3C)[C@@H]2SC1. The highest BCUT2D eigenvalue weighted by Gasteiger charge is 2.54. The molecule has 0 aliphatic carbocycles. The zero-order valence-electron chi connectivity index (χ0n) is 13.8. The first-order valence-electron chi connectivity index (χ1n) is 7.43. The zero-order chi connectivity index (χ0) is 20.3. The summed E-state index contributed by atoms with van der Waals surface area (Å²) in [7, 11) is 1.17. The summed E-state index contributed by atoms with van der Waals surface area (Å²) in [6.45, 7) is 1.59. The van der Waals surface area contributed by atoms with Gasteiger partial charge in [-0.05, 0) is 28.4 Å². The highest BCUT2D eigenvalue weighted by Crippen LogP contribution is 2.40. The summed E-state index contributed by atoms with van der Waals surface area (Å²) in [5.41, 5.74) is -1.25. The largest absolute Gasteiger partial charge is 0.477 e. The molecular weight excluding hydrogens is 457 g/mol. The second-order valence-electron chi connectivity index (χ2n) is 5.93. The van der Waals surface area contributed by atoms with Crippen molar-refractivity contribution in [3.8, 4) is 0 Å². The molecule has 1 fully saturated rings. The number of carboxylic acid groups (broad SMARTS) is 1. The lowest BCUT2D eigenvalue weighted by Gasteiger charge is -2.49. The van der Waals surface area contributed by atoms with Gasteiger partial charge in [0.05, 0.1) is 4.47 Å². The molecule has 13 heteroatoms. The van der Waals surface area contributed by atoms with Crippen LogP contribution < -0.4 is 5.32 Å². The number of hydrogen-bond acceptors (Lipinski definition) is 5. The molecular formula is C14H12BrF3N4O4S. The summed E-state index contributed by atoms with van der Waals surface area (Å²) in [6.07, 6.45) is -4.75. The Hall–Kier alpha value is -2.02. The Kier molecular flexibility index (Phi) is 4.78. The number of nitrogens with zero attached hydrogens (tertiary/aromatic N) is 3. The first-order chi connectivity index (χ1) is 12.4. The number of aromatic nitrogens is 2. The van der Waals surface area contributed by atoms with Gasteiger partial charge in [0.2, 0.25) is 0 Å². The molecule has 3 rings (SSSR count). The minimum Gasteiger partial charge on any atom is -0.477 e. The van der Waals surface area contributed by atoms with Gasteiger partial charge in [0, 0.05) is 12.8 Å². The fraction of sp³-hybridized carbons (Fsp3) is 0.429. The third-order valence-electron chi connectivity index (χ3n) is 4.12. The lowest BCUT2D eigenvalue weighted by Crippen LogP contribution is -2.70. The van der Waals surface area contributed by atoms with Crippen molar-refractivity contribution in [3.63, 3.8) is 0 Å². The fourth-order valence-corrected chi connectivity index (χ4v) is 4.94. The molecule has 1 saturated heterocycles. The number of halogens is 4. The van der Waals surface area contributed by atoms with Gasteiger partial charge in [-0.15, -0.1) is 11.8 Å². The van der Waals surface area contributed by atoms with Gasteiger partial charge in [0.1, 0.15) is 22.8 Å². The Morgan fingerprint density at radius 2 is 2.04 bits per heavy atom. The molecule has 1 aromatic rings. The van der Waals surface area contributed by atoms with Crippen LogP contribution in [0.4, 0.5) is 13.2 Å². The average molecular weight is 469 g/mol. The zero-order valence-corrected chi connectivity index (χ0v) is 16.2. The number of thioether (sulfide) groups is 1. The number of amides is 2.